The molecule has 170 valence electrons. The quantitative estimate of drug-likeness (QED) is 0.670. The number of amides is 3. The van der Waals surface area contributed by atoms with Crippen molar-refractivity contribution in [3.8, 4) is 0 Å². The molecule has 1 unspecified atom stereocenters. The van der Waals surface area contributed by atoms with Crippen LogP contribution in [-0.2, 0) is 18.0 Å². The van der Waals surface area contributed by atoms with Crippen LogP contribution in [0.5, 0.6) is 0 Å². The average molecular weight is 452 g/mol. The van der Waals surface area contributed by atoms with E-state index in [9.17, 15) is 18.2 Å². The second-order valence-corrected chi connectivity index (χ2v) is 9.06. The number of nitrogens with zero attached hydrogens (tertiary/aromatic N) is 3. The first-order chi connectivity index (χ1) is 14.5. The van der Waals surface area contributed by atoms with Gasteiger partial charge >= 0.3 is 6.03 Å². The molecule has 31 heavy (non-hydrogen) atoms. The zero-order chi connectivity index (χ0) is 23.5. The summed E-state index contributed by atoms with van der Waals surface area (Å²) in [6.45, 7) is 9.96. The molecule has 1 aromatic heterocycles. The van der Waals surface area contributed by atoms with E-state index in [1.54, 1.807) is 14.1 Å². The molecule has 1 atom stereocenters. The van der Waals surface area contributed by atoms with Gasteiger partial charge in [0, 0.05) is 32.4 Å². The summed E-state index contributed by atoms with van der Waals surface area (Å²) in [4.78, 5) is 26.5. The van der Waals surface area contributed by atoms with Gasteiger partial charge in [0.25, 0.3) is 5.91 Å². The van der Waals surface area contributed by atoms with Crippen molar-refractivity contribution in [3.05, 3.63) is 40.8 Å². The number of rotatable bonds is 7. The van der Waals surface area contributed by atoms with Crippen LogP contribution in [0.2, 0.25) is 0 Å². The van der Waals surface area contributed by atoms with Crippen LogP contribution in [0.15, 0.2) is 23.2 Å². The van der Waals surface area contributed by atoms with E-state index in [1.807, 2.05) is 34.6 Å². The fourth-order valence-corrected chi connectivity index (χ4v) is 3.79. The van der Waals surface area contributed by atoms with Gasteiger partial charge < -0.3 is 10.2 Å². The maximum absolute atomic E-state index is 14.1. The van der Waals surface area contributed by atoms with Gasteiger partial charge in [-0.15, -0.1) is 0 Å². The first kappa shape index (κ1) is 24.5. The summed E-state index contributed by atoms with van der Waals surface area (Å²) in [6.07, 6.45) is 0. The number of aryl methyl sites for hydroxylation is 1. The van der Waals surface area contributed by atoms with E-state index in [4.69, 9.17) is 0 Å². The summed E-state index contributed by atoms with van der Waals surface area (Å²) in [5, 5.41) is 6.86. The topological polar surface area (TPSA) is 96.3 Å². The molecule has 2 rings (SSSR count). The van der Waals surface area contributed by atoms with Crippen molar-refractivity contribution in [3.63, 3.8) is 0 Å². The number of halogens is 1. The highest BCUT2D eigenvalue weighted by atomic mass is 32.2. The molecule has 1 aromatic carbocycles. The third-order valence-corrected chi connectivity index (χ3v) is 5.87. The van der Waals surface area contributed by atoms with Crippen LogP contribution in [0.25, 0.3) is 0 Å². The summed E-state index contributed by atoms with van der Waals surface area (Å²) in [5.41, 5.74) is 2.07. The Hall–Kier alpha value is -2.75. The largest absolute Gasteiger partial charge is 0.341 e. The molecule has 10 heteroatoms. The molecule has 0 aliphatic carbocycles. The van der Waals surface area contributed by atoms with Gasteiger partial charge in [-0.3, -0.25) is 14.2 Å². The molecule has 0 radical (unpaired) electrons. The molecular formula is C21H30FN5O3S. The average Bonchev–Trinajstić information content (AvgIpc) is 3.09. The summed E-state index contributed by atoms with van der Waals surface area (Å²) >= 11 is 0. The molecule has 8 nitrogen and oxygen atoms in total. The fourth-order valence-electron chi connectivity index (χ4n) is 3.05. The molecule has 0 saturated carbocycles. The van der Waals surface area contributed by atoms with E-state index in [-0.39, 0.29) is 34.3 Å². The van der Waals surface area contributed by atoms with Crippen LogP contribution in [0, 0.1) is 5.82 Å². The highest BCUT2D eigenvalue weighted by molar-refractivity contribution is 7.83. The van der Waals surface area contributed by atoms with Crippen LogP contribution in [0.3, 0.4) is 0 Å². The smallest absolute Gasteiger partial charge is 0.331 e. The molecule has 3 amide bonds. The Bertz CT molecular complexity index is 974. The first-order valence-electron chi connectivity index (χ1n) is 10.1. The van der Waals surface area contributed by atoms with Crippen molar-refractivity contribution < 1.29 is 18.2 Å². The van der Waals surface area contributed by atoms with Gasteiger partial charge in [0.05, 0.1) is 0 Å². The molecule has 0 spiro atoms. The molecule has 0 fully saturated rings. The summed E-state index contributed by atoms with van der Waals surface area (Å²) < 4.78 is 30.4. The third kappa shape index (κ3) is 5.69. The maximum atomic E-state index is 14.1. The second-order valence-electron chi connectivity index (χ2n) is 7.90. The van der Waals surface area contributed by atoms with Crippen LogP contribution in [0.4, 0.5) is 14.9 Å². The lowest BCUT2D eigenvalue weighted by Crippen LogP contribution is -2.31. The number of hydrogen-bond acceptors (Lipinski definition) is 4. The number of urea groups is 1. The monoisotopic (exact) mass is 451 g/mol. The fraction of sp³-hybridized carbons (Fsp3) is 0.476. The van der Waals surface area contributed by atoms with E-state index in [0.29, 0.717) is 23.4 Å². The van der Waals surface area contributed by atoms with Crippen molar-refractivity contribution in [2.24, 2.45) is 7.05 Å². The summed E-state index contributed by atoms with van der Waals surface area (Å²) in [7, 11) is 1.23. The van der Waals surface area contributed by atoms with Gasteiger partial charge in [0.15, 0.2) is 16.0 Å². The van der Waals surface area contributed by atoms with Crippen molar-refractivity contribution in [2.45, 2.75) is 51.5 Å². The van der Waals surface area contributed by atoms with Gasteiger partial charge in [-0.1, -0.05) is 27.7 Å². The predicted octanol–water partition coefficient (Wildman–Crippen LogP) is 3.74. The van der Waals surface area contributed by atoms with Gasteiger partial charge in [-0.25, -0.2) is 13.4 Å². The lowest BCUT2D eigenvalue weighted by Gasteiger charge is -2.20. The SMILES string of the molecule is CCN(C)C(=O)c1cc(S(=O)NC(=O)Nc2c(C(C)C)cc(F)cc2C(C)C)nn1C. The molecule has 2 N–H and O–H groups in total. The molecular weight excluding hydrogens is 421 g/mol. The van der Waals surface area contributed by atoms with Crippen LogP contribution in [-0.4, -0.2) is 44.4 Å². The lowest BCUT2D eigenvalue weighted by atomic mass is 9.92. The van der Waals surface area contributed by atoms with Gasteiger partial charge in [-0.2, -0.15) is 5.10 Å². The summed E-state index contributed by atoms with van der Waals surface area (Å²) in [6, 6.07) is 3.47. The normalized spacial score (nSPS) is 12.2. The van der Waals surface area contributed by atoms with Crippen molar-refractivity contribution in [1.82, 2.24) is 19.4 Å². The number of anilines is 1. The number of aromatic nitrogens is 2. The molecule has 0 saturated heterocycles. The molecule has 0 aliphatic rings. The Balaban J connectivity index is 2.24. The van der Waals surface area contributed by atoms with Crippen molar-refractivity contribution in [2.75, 3.05) is 18.9 Å². The minimum absolute atomic E-state index is 0.0334. The number of nitrogens with one attached hydrogen (secondary N) is 2. The molecule has 1 heterocycles. The Morgan fingerprint density at radius 2 is 1.71 bits per heavy atom. The van der Waals surface area contributed by atoms with Crippen molar-refractivity contribution >= 4 is 28.6 Å². The molecule has 2 aromatic rings. The number of benzene rings is 1. The Kier molecular flexibility index (Phi) is 7.94. The van der Waals surface area contributed by atoms with Crippen molar-refractivity contribution in [1.29, 1.82) is 0 Å². The minimum Gasteiger partial charge on any atom is -0.341 e. The number of hydrogen-bond donors (Lipinski definition) is 2. The van der Waals surface area contributed by atoms with Crippen LogP contribution >= 0.6 is 0 Å². The number of carbonyl (C=O) groups is 2. The summed E-state index contributed by atoms with van der Waals surface area (Å²) in [5.74, 6) is -0.702. The van der Waals surface area contributed by atoms with Gasteiger partial charge in [0.2, 0.25) is 0 Å². The predicted molar refractivity (Wildman–Crippen MR) is 119 cm³/mol. The highest BCUT2D eigenvalue weighted by Gasteiger charge is 2.22. The minimum atomic E-state index is -1.99. The zero-order valence-electron chi connectivity index (χ0n) is 18.9. The number of carbonyl (C=O) groups excluding carboxylic acids is 2. The van der Waals surface area contributed by atoms with Gasteiger partial charge in [-0.05, 0) is 42.0 Å². The van der Waals surface area contributed by atoms with E-state index in [2.05, 4.69) is 15.1 Å². The molecule has 0 bridgehead atoms. The highest BCUT2D eigenvalue weighted by Crippen LogP contribution is 2.33. The van der Waals surface area contributed by atoms with E-state index in [1.165, 1.54) is 27.8 Å². The lowest BCUT2D eigenvalue weighted by molar-refractivity contribution is 0.0791. The second kappa shape index (κ2) is 10.0. The Morgan fingerprint density at radius 1 is 1.16 bits per heavy atom. The first-order valence-corrected chi connectivity index (χ1v) is 11.2. The van der Waals surface area contributed by atoms with Gasteiger partial charge in [0.1, 0.15) is 11.5 Å². The van der Waals surface area contributed by atoms with E-state index >= 15 is 0 Å². The van der Waals surface area contributed by atoms with E-state index < -0.39 is 17.0 Å². The Morgan fingerprint density at radius 3 is 2.19 bits per heavy atom. The van der Waals surface area contributed by atoms with E-state index in [0.717, 1.165) is 0 Å². The molecule has 0 aliphatic heterocycles. The third-order valence-electron chi connectivity index (χ3n) is 4.92. The zero-order valence-corrected chi connectivity index (χ0v) is 19.8. The van der Waals surface area contributed by atoms with Crippen LogP contribution in [0.1, 0.15) is 68.1 Å². The maximum Gasteiger partial charge on any atom is 0.331 e. The Labute approximate surface area is 184 Å². The standard InChI is InChI=1S/C21H30FN5O3S/c1-8-26(6)20(28)17-11-18(24-27(17)7)31(30)25-21(29)23-19-15(12(2)3)9-14(22)10-16(19)13(4)5/h9-13H,8H2,1-7H3,(H2,23,25,29). The van der Waals surface area contributed by atoms with Crippen LogP contribution < -0.4 is 10.0 Å².